The third kappa shape index (κ3) is 2.25. The highest BCUT2D eigenvalue weighted by atomic mass is 19.4. The summed E-state index contributed by atoms with van der Waals surface area (Å²) >= 11 is 0. The van der Waals surface area contributed by atoms with E-state index in [2.05, 4.69) is 10.3 Å². The van der Waals surface area contributed by atoms with Crippen LogP contribution in [0.4, 0.5) is 18.9 Å². The first-order valence-electron chi connectivity index (χ1n) is 5.77. The lowest BCUT2D eigenvalue weighted by Crippen LogP contribution is -2.24. The van der Waals surface area contributed by atoms with Gasteiger partial charge in [-0.3, -0.25) is 0 Å². The number of aromatic amines is 1. The van der Waals surface area contributed by atoms with Crippen LogP contribution in [0.1, 0.15) is 17.2 Å². The average Bonchev–Trinajstić information content (AvgIpc) is 2.90. The van der Waals surface area contributed by atoms with E-state index < -0.39 is 11.7 Å². The molecule has 1 aromatic heterocycles. The zero-order valence-corrected chi connectivity index (χ0v) is 9.79. The summed E-state index contributed by atoms with van der Waals surface area (Å²) in [5.41, 5.74) is 0.632. The Hall–Kier alpha value is -2.11. The van der Waals surface area contributed by atoms with Crippen molar-refractivity contribution in [1.82, 2.24) is 4.98 Å². The Morgan fingerprint density at radius 2 is 2.05 bits per heavy atom. The van der Waals surface area contributed by atoms with Crippen LogP contribution in [-0.4, -0.2) is 11.6 Å². The molecule has 19 heavy (non-hydrogen) atoms. The highest BCUT2D eigenvalue weighted by Gasteiger charge is 2.32. The standard InChI is InChI=1S/C13H11F3N2O/c14-13(15,16)9-1-2-12-10(5-9)18-11(7-19-12)8-3-4-17-6-8/h1-6,11,17-18H,7H2. The average molecular weight is 268 g/mol. The fraction of sp³-hybridized carbons (Fsp3) is 0.231. The molecule has 1 atom stereocenters. The molecule has 2 aromatic rings. The molecular formula is C13H11F3N2O. The molecule has 6 heteroatoms. The molecule has 0 fully saturated rings. The van der Waals surface area contributed by atoms with Crippen molar-refractivity contribution in [2.75, 3.05) is 11.9 Å². The molecule has 2 N–H and O–H groups in total. The molecule has 1 aliphatic rings. The third-order valence-corrected chi connectivity index (χ3v) is 3.07. The molecule has 0 amide bonds. The van der Waals surface area contributed by atoms with Gasteiger partial charge < -0.3 is 15.0 Å². The Bertz CT molecular complexity index is 578. The zero-order valence-electron chi connectivity index (χ0n) is 9.79. The van der Waals surface area contributed by atoms with Crippen molar-refractivity contribution in [2.24, 2.45) is 0 Å². The minimum absolute atomic E-state index is 0.151. The van der Waals surface area contributed by atoms with E-state index in [-0.39, 0.29) is 6.04 Å². The number of ether oxygens (including phenoxy) is 1. The van der Waals surface area contributed by atoms with E-state index in [0.717, 1.165) is 17.7 Å². The molecule has 100 valence electrons. The quantitative estimate of drug-likeness (QED) is 0.829. The first-order valence-corrected chi connectivity index (χ1v) is 5.77. The number of alkyl halides is 3. The third-order valence-electron chi connectivity index (χ3n) is 3.07. The molecule has 2 heterocycles. The van der Waals surface area contributed by atoms with Crippen LogP contribution < -0.4 is 10.1 Å². The predicted molar refractivity (Wildman–Crippen MR) is 64.1 cm³/mol. The summed E-state index contributed by atoms with van der Waals surface area (Å²) in [4.78, 5) is 2.91. The van der Waals surface area contributed by atoms with E-state index in [1.165, 1.54) is 6.07 Å². The molecule has 0 radical (unpaired) electrons. The van der Waals surface area contributed by atoms with Gasteiger partial charge in [0.15, 0.2) is 0 Å². The van der Waals surface area contributed by atoms with Crippen LogP contribution in [0.5, 0.6) is 5.75 Å². The normalized spacial score (nSPS) is 18.4. The van der Waals surface area contributed by atoms with Gasteiger partial charge in [0.1, 0.15) is 12.4 Å². The number of hydrogen-bond acceptors (Lipinski definition) is 2. The van der Waals surface area contributed by atoms with Gasteiger partial charge in [-0.15, -0.1) is 0 Å². The summed E-state index contributed by atoms with van der Waals surface area (Å²) < 4.78 is 43.4. The summed E-state index contributed by atoms with van der Waals surface area (Å²) in [6, 6.07) is 5.16. The van der Waals surface area contributed by atoms with Gasteiger partial charge in [0, 0.05) is 12.4 Å². The van der Waals surface area contributed by atoms with Crippen LogP contribution in [0.3, 0.4) is 0 Å². The van der Waals surface area contributed by atoms with E-state index in [4.69, 9.17) is 4.74 Å². The van der Waals surface area contributed by atoms with Crippen molar-refractivity contribution >= 4 is 5.69 Å². The number of hydrogen-bond donors (Lipinski definition) is 2. The maximum atomic E-state index is 12.7. The Morgan fingerprint density at radius 1 is 1.21 bits per heavy atom. The minimum Gasteiger partial charge on any atom is -0.489 e. The molecule has 1 aromatic carbocycles. The maximum Gasteiger partial charge on any atom is 0.416 e. The largest absolute Gasteiger partial charge is 0.489 e. The first-order chi connectivity index (χ1) is 9.04. The van der Waals surface area contributed by atoms with E-state index >= 15 is 0 Å². The molecule has 1 unspecified atom stereocenters. The summed E-state index contributed by atoms with van der Waals surface area (Å²) in [6.07, 6.45) is -0.796. The Morgan fingerprint density at radius 3 is 2.74 bits per heavy atom. The second-order valence-corrected chi connectivity index (χ2v) is 4.36. The van der Waals surface area contributed by atoms with E-state index in [0.29, 0.717) is 18.0 Å². The van der Waals surface area contributed by atoms with Gasteiger partial charge >= 0.3 is 6.18 Å². The number of fused-ring (bicyclic) bond motifs is 1. The van der Waals surface area contributed by atoms with Crippen molar-refractivity contribution in [3.63, 3.8) is 0 Å². The molecule has 0 aliphatic carbocycles. The maximum absolute atomic E-state index is 12.7. The zero-order chi connectivity index (χ0) is 13.5. The Kier molecular flexibility index (Phi) is 2.66. The number of halogens is 3. The van der Waals surface area contributed by atoms with Gasteiger partial charge in [-0.25, -0.2) is 0 Å². The lowest BCUT2D eigenvalue weighted by molar-refractivity contribution is -0.137. The topological polar surface area (TPSA) is 37.0 Å². The Balaban J connectivity index is 1.91. The van der Waals surface area contributed by atoms with Gasteiger partial charge in [0.05, 0.1) is 17.3 Å². The number of nitrogens with one attached hydrogen (secondary N) is 2. The first kappa shape index (κ1) is 12.0. The van der Waals surface area contributed by atoms with Gasteiger partial charge in [0.2, 0.25) is 0 Å². The van der Waals surface area contributed by atoms with Gasteiger partial charge in [-0.05, 0) is 29.8 Å². The second-order valence-electron chi connectivity index (χ2n) is 4.36. The number of aromatic nitrogens is 1. The van der Waals surface area contributed by atoms with Crippen LogP contribution in [-0.2, 0) is 6.18 Å². The minimum atomic E-state index is -4.35. The van der Waals surface area contributed by atoms with Gasteiger partial charge in [-0.2, -0.15) is 13.2 Å². The fourth-order valence-electron chi connectivity index (χ4n) is 2.08. The van der Waals surface area contributed by atoms with Crippen molar-refractivity contribution in [3.8, 4) is 5.75 Å². The monoisotopic (exact) mass is 268 g/mol. The molecule has 3 rings (SSSR count). The van der Waals surface area contributed by atoms with Crippen LogP contribution in [0, 0.1) is 0 Å². The number of rotatable bonds is 1. The highest BCUT2D eigenvalue weighted by Crippen LogP contribution is 2.38. The van der Waals surface area contributed by atoms with Gasteiger partial charge in [0.25, 0.3) is 0 Å². The fourth-order valence-corrected chi connectivity index (χ4v) is 2.08. The van der Waals surface area contributed by atoms with Crippen molar-refractivity contribution < 1.29 is 17.9 Å². The predicted octanol–water partition coefficient (Wildman–Crippen LogP) is 3.58. The van der Waals surface area contributed by atoms with E-state index in [9.17, 15) is 13.2 Å². The highest BCUT2D eigenvalue weighted by molar-refractivity contribution is 5.61. The number of anilines is 1. The summed E-state index contributed by atoms with van der Waals surface area (Å²) in [7, 11) is 0. The van der Waals surface area contributed by atoms with Crippen molar-refractivity contribution in [2.45, 2.75) is 12.2 Å². The Labute approximate surface area is 107 Å². The summed E-state index contributed by atoms with van der Waals surface area (Å²) in [6.45, 7) is 0.385. The smallest absolute Gasteiger partial charge is 0.416 e. The van der Waals surface area contributed by atoms with E-state index in [1.807, 2.05) is 6.07 Å². The van der Waals surface area contributed by atoms with Crippen LogP contribution in [0.25, 0.3) is 0 Å². The van der Waals surface area contributed by atoms with E-state index in [1.54, 1.807) is 12.4 Å². The summed E-state index contributed by atoms with van der Waals surface area (Å²) in [5.74, 6) is 0.444. The van der Waals surface area contributed by atoms with Crippen LogP contribution in [0.15, 0.2) is 36.7 Å². The molecule has 0 saturated heterocycles. The molecular weight excluding hydrogens is 257 g/mol. The molecule has 0 spiro atoms. The van der Waals surface area contributed by atoms with Crippen molar-refractivity contribution in [3.05, 3.63) is 47.8 Å². The molecule has 1 aliphatic heterocycles. The van der Waals surface area contributed by atoms with Gasteiger partial charge in [-0.1, -0.05) is 0 Å². The molecule has 0 saturated carbocycles. The van der Waals surface area contributed by atoms with Crippen molar-refractivity contribution in [1.29, 1.82) is 0 Å². The van der Waals surface area contributed by atoms with Crippen LogP contribution in [0.2, 0.25) is 0 Å². The molecule has 0 bridgehead atoms. The SMILES string of the molecule is FC(F)(F)c1ccc2c(c1)NC(c1cc[nH]c1)CO2. The number of H-pyrrole nitrogens is 1. The number of benzene rings is 1. The second kappa shape index (κ2) is 4.22. The lowest BCUT2D eigenvalue weighted by Gasteiger charge is -2.27. The van der Waals surface area contributed by atoms with Crippen LogP contribution >= 0.6 is 0 Å². The summed E-state index contributed by atoms with van der Waals surface area (Å²) in [5, 5.41) is 3.07. The molecule has 3 nitrogen and oxygen atoms in total. The lowest BCUT2D eigenvalue weighted by atomic mass is 10.1.